The lowest BCUT2D eigenvalue weighted by molar-refractivity contribution is 0.0525. The summed E-state index contributed by atoms with van der Waals surface area (Å²) in [5.74, 6) is 0.661. The zero-order valence-corrected chi connectivity index (χ0v) is 12.5. The molecule has 0 aliphatic carbocycles. The van der Waals surface area contributed by atoms with E-state index in [0.29, 0.717) is 35.2 Å². The molecule has 1 aromatic rings. The lowest BCUT2D eigenvalue weighted by atomic mass is 10.1. The number of carbonyl (C=O) groups excluding carboxylic acids is 1. The van der Waals surface area contributed by atoms with Crippen molar-refractivity contribution in [2.24, 2.45) is 5.92 Å². The van der Waals surface area contributed by atoms with Crippen LogP contribution in [0.3, 0.4) is 0 Å². The largest absolute Gasteiger partial charge is 0.462 e. The fourth-order valence-electron chi connectivity index (χ4n) is 1.72. The van der Waals surface area contributed by atoms with Crippen LogP contribution in [0.1, 0.15) is 48.8 Å². The van der Waals surface area contributed by atoms with E-state index in [2.05, 4.69) is 30.2 Å². The summed E-state index contributed by atoms with van der Waals surface area (Å²) in [6, 6.07) is 3.61. The number of nitrogens with one attached hydrogen (secondary N) is 1. The maximum Gasteiger partial charge on any atom is 0.340 e. The van der Waals surface area contributed by atoms with E-state index in [-0.39, 0.29) is 0 Å². The third-order valence-electron chi connectivity index (χ3n) is 2.84. The molecule has 0 aliphatic heterocycles. The first-order valence-corrected chi connectivity index (χ1v) is 6.82. The average molecular weight is 275 g/mol. The van der Waals surface area contributed by atoms with Gasteiger partial charge in [-0.15, -0.1) is 0 Å². The molecule has 0 aliphatic rings. The molecule has 108 valence electrons. The maximum absolute atomic E-state index is 11.8. The van der Waals surface area contributed by atoms with Crippen LogP contribution in [0.25, 0.3) is 0 Å². The van der Waals surface area contributed by atoms with Gasteiger partial charge in [0.15, 0.2) is 0 Å². The second kappa shape index (κ2) is 7.49. The first kappa shape index (κ1) is 16.0. The highest BCUT2D eigenvalue weighted by atomic mass is 16.5. The Bertz CT molecular complexity index is 519. The monoisotopic (exact) mass is 275 g/mol. The van der Waals surface area contributed by atoms with E-state index in [1.54, 1.807) is 13.8 Å². The molecule has 0 atom stereocenters. The number of nitriles is 1. The third-order valence-corrected chi connectivity index (χ3v) is 2.84. The standard InChI is InChI=1S/C15H21N3O2/c1-5-20-15(19)13-8-12(9-16)14(18-11(13)4)17-7-6-10(2)3/h8,10H,5-7H2,1-4H3,(H,17,18). The Labute approximate surface area is 120 Å². The first-order chi connectivity index (χ1) is 9.49. The highest BCUT2D eigenvalue weighted by molar-refractivity contribution is 5.91. The van der Waals surface area contributed by atoms with Crippen molar-refractivity contribution in [3.05, 3.63) is 22.9 Å². The lowest BCUT2D eigenvalue weighted by Crippen LogP contribution is -2.12. The van der Waals surface area contributed by atoms with E-state index in [0.717, 1.165) is 13.0 Å². The van der Waals surface area contributed by atoms with Gasteiger partial charge in [0, 0.05) is 6.54 Å². The molecule has 0 unspecified atom stereocenters. The second-order valence-corrected chi connectivity index (χ2v) is 4.96. The average Bonchev–Trinajstić information content (AvgIpc) is 2.38. The fourth-order valence-corrected chi connectivity index (χ4v) is 1.72. The van der Waals surface area contributed by atoms with Crippen molar-refractivity contribution < 1.29 is 9.53 Å². The van der Waals surface area contributed by atoms with E-state index in [1.807, 2.05) is 0 Å². The molecular weight excluding hydrogens is 254 g/mol. The number of hydrogen-bond acceptors (Lipinski definition) is 5. The molecule has 20 heavy (non-hydrogen) atoms. The van der Waals surface area contributed by atoms with Crippen molar-refractivity contribution in [2.75, 3.05) is 18.5 Å². The number of pyridine rings is 1. The van der Waals surface area contributed by atoms with Gasteiger partial charge < -0.3 is 10.1 Å². The third kappa shape index (κ3) is 4.23. The number of carbonyl (C=O) groups is 1. The van der Waals surface area contributed by atoms with Crippen LogP contribution in [0.4, 0.5) is 5.82 Å². The van der Waals surface area contributed by atoms with Gasteiger partial charge in [-0.3, -0.25) is 0 Å². The van der Waals surface area contributed by atoms with E-state index in [1.165, 1.54) is 6.07 Å². The normalized spacial score (nSPS) is 10.2. The highest BCUT2D eigenvalue weighted by Crippen LogP contribution is 2.18. The summed E-state index contributed by atoms with van der Waals surface area (Å²) in [4.78, 5) is 16.1. The summed E-state index contributed by atoms with van der Waals surface area (Å²) < 4.78 is 4.95. The van der Waals surface area contributed by atoms with Gasteiger partial charge in [0.05, 0.1) is 23.4 Å². The predicted molar refractivity (Wildman–Crippen MR) is 77.6 cm³/mol. The van der Waals surface area contributed by atoms with Crippen molar-refractivity contribution in [1.82, 2.24) is 4.98 Å². The summed E-state index contributed by atoms with van der Waals surface area (Å²) in [6.45, 7) is 8.80. The van der Waals surface area contributed by atoms with Gasteiger partial charge in [-0.2, -0.15) is 5.26 Å². The Morgan fingerprint density at radius 3 is 2.80 bits per heavy atom. The molecule has 1 aromatic heterocycles. The summed E-state index contributed by atoms with van der Waals surface area (Å²) in [7, 11) is 0. The van der Waals surface area contributed by atoms with Crippen LogP contribution in [0.5, 0.6) is 0 Å². The van der Waals surface area contributed by atoms with Gasteiger partial charge >= 0.3 is 5.97 Å². The zero-order valence-electron chi connectivity index (χ0n) is 12.5. The van der Waals surface area contributed by atoms with Crippen LogP contribution in [-0.2, 0) is 4.74 Å². The van der Waals surface area contributed by atoms with Crippen LogP contribution in [-0.4, -0.2) is 24.1 Å². The zero-order chi connectivity index (χ0) is 15.1. The van der Waals surface area contributed by atoms with Crippen LogP contribution in [0.15, 0.2) is 6.07 Å². The second-order valence-electron chi connectivity index (χ2n) is 4.96. The van der Waals surface area contributed by atoms with Crippen LogP contribution < -0.4 is 5.32 Å². The van der Waals surface area contributed by atoms with Crippen LogP contribution in [0.2, 0.25) is 0 Å². The first-order valence-electron chi connectivity index (χ1n) is 6.82. The Morgan fingerprint density at radius 2 is 2.25 bits per heavy atom. The number of nitrogens with zero attached hydrogens (tertiary/aromatic N) is 2. The number of esters is 1. The van der Waals surface area contributed by atoms with Crippen molar-refractivity contribution >= 4 is 11.8 Å². The lowest BCUT2D eigenvalue weighted by Gasteiger charge is -2.12. The molecular formula is C15H21N3O2. The molecule has 1 heterocycles. The molecule has 1 N–H and O–H groups in total. The molecule has 0 amide bonds. The minimum atomic E-state index is -0.442. The van der Waals surface area contributed by atoms with Gasteiger partial charge in [0.25, 0.3) is 0 Å². The fraction of sp³-hybridized carbons (Fsp3) is 0.533. The number of anilines is 1. The smallest absolute Gasteiger partial charge is 0.340 e. The molecule has 0 aromatic carbocycles. The predicted octanol–water partition coefficient (Wildman–Crippen LogP) is 2.90. The minimum absolute atomic E-state index is 0.300. The molecule has 0 bridgehead atoms. The van der Waals surface area contributed by atoms with Crippen molar-refractivity contribution in [2.45, 2.75) is 34.1 Å². The molecule has 0 saturated carbocycles. The molecule has 0 radical (unpaired) electrons. The highest BCUT2D eigenvalue weighted by Gasteiger charge is 2.15. The minimum Gasteiger partial charge on any atom is -0.462 e. The number of rotatable bonds is 6. The summed E-state index contributed by atoms with van der Waals surface area (Å²) in [6.07, 6.45) is 0.991. The van der Waals surface area contributed by atoms with Gasteiger partial charge in [0.2, 0.25) is 0 Å². The number of aryl methyl sites for hydroxylation is 1. The number of ether oxygens (including phenoxy) is 1. The summed E-state index contributed by atoms with van der Waals surface area (Å²) in [5, 5.41) is 12.3. The summed E-state index contributed by atoms with van der Waals surface area (Å²) in [5.41, 5.74) is 1.27. The Kier molecular flexibility index (Phi) is 5.98. The van der Waals surface area contributed by atoms with E-state index >= 15 is 0 Å². The Hall–Kier alpha value is -2.09. The van der Waals surface area contributed by atoms with Gasteiger partial charge in [-0.05, 0) is 32.3 Å². The van der Waals surface area contributed by atoms with Crippen molar-refractivity contribution in [1.29, 1.82) is 5.26 Å². The van der Waals surface area contributed by atoms with E-state index in [4.69, 9.17) is 4.74 Å². The van der Waals surface area contributed by atoms with Crippen molar-refractivity contribution in [3.8, 4) is 6.07 Å². The molecule has 0 saturated heterocycles. The Balaban J connectivity index is 2.96. The quantitative estimate of drug-likeness (QED) is 0.808. The summed E-state index contributed by atoms with van der Waals surface area (Å²) >= 11 is 0. The van der Waals surface area contributed by atoms with Crippen molar-refractivity contribution in [3.63, 3.8) is 0 Å². The molecule has 5 heteroatoms. The molecule has 1 rings (SSSR count). The molecule has 0 spiro atoms. The van der Waals surface area contributed by atoms with E-state index < -0.39 is 5.97 Å². The van der Waals surface area contributed by atoms with Crippen LogP contribution >= 0.6 is 0 Å². The number of hydrogen-bond donors (Lipinski definition) is 1. The molecule has 0 fully saturated rings. The Morgan fingerprint density at radius 1 is 1.55 bits per heavy atom. The van der Waals surface area contributed by atoms with Gasteiger partial charge in [0.1, 0.15) is 11.9 Å². The van der Waals surface area contributed by atoms with Gasteiger partial charge in [-0.1, -0.05) is 13.8 Å². The van der Waals surface area contributed by atoms with Crippen LogP contribution in [0, 0.1) is 24.2 Å². The van der Waals surface area contributed by atoms with E-state index in [9.17, 15) is 10.1 Å². The molecule has 5 nitrogen and oxygen atoms in total. The number of aromatic nitrogens is 1. The SMILES string of the molecule is CCOC(=O)c1cc(C#N)c(NCCC(C)C)nc1C. The van der Waals surface area contributed by atoms with Gasteiger partial charge in [-0.25, -0.2) is 9.78 Å². The topological polar surface area (TPSA) is 75.0 Å². The maximum atomic E-state index is 11.8.